The third kappa shape index (κ3) is 4.56. The summed E-state index contributed by atoms with van der Waals surface area (Å²) in [5.41, 5.74) is 0.938. The molecule has 5 heteroatoms. The van der Waals surface area contributed by atoms with Crippen LogP contribution in [0.3, 0.4) is 0 Å². The van der Waals surface area contributed by atoms with E-state index in [9.17, 15) is 0 Å². The Hall–Kier alpha value is -0.840. The van der Waals surface area contributed by atoms with Crippen molar-refractivity contribution in [1.29, 1.82) is 0 Å². The molecule has 1 N–H and O–H groups in total. The average Bonchev–Trinajstić information content (AvgIpc) is 2.58. The summed E-state index contributed by atoms with van der Waals surface area (Å²) < 4.78 is 0. The fraction of sp³-hybridized carbons (Fsp3) is 0.688. The third-order valence-electron chi connectivity index (χ3n) is 3.92. The largest absolute Gasteiger partial charge is 0.353 e. The minimum atomic E-state index is 0.428. The van der Waals surface area contributed by atoms with Gasteiger partial charge in [-0.3, -0.25) is 0 Å². The Bertz CT molecular complexity index is 464. The molecule has 0 radical (unpaired) electrons. The number of anilines is 1. The maximum atomic E-state index is 6.28. The van der Waals surface area contributed by atoms with Crippen molar-refractivity contribution in [2.75, 3.05) is 31.6 Å². The van der Waals surface area contributed by atoms with Gasteiger partial charge < -0.3 is 15.1 Å². The number of likely N-dealkylation sites (N-methyl/N-ethyl adjacent to an activating group) is 1. The summed E-state index contributed by atoms with van der Waals surface area (Å²) in [6, 6.07) is 4.92. The van der Waals surface area contributed by atoms with Crippen LogP contribution in [0.15, 0.2) is 12.1 Å². The molecular weight excluding hydrogens is 284 g/mol. The lowest BCUT2D eigenvalue weighted by Crippen LogP contribution is -2.38. The predicted octanol–water partition coefficient (Wildman–Crippen LogP) is 2.76. The van der Waals surface area contributed by atoms with Crippen molar-refractivity contribution < 1.29 is 0 Å². The lowest BCUT2D eigenvalue weighted by atomic mass is 10.2. The van der Waals surface area contributed by atoms with Gasteiger partial charge in [-0.15, -0.1) is 0 Å². The molecule has 2 heterocycles. The van der Waals surface area contributed by atoms with Gasteiger partial charge in [0.15, 0.2) is 0 Å². The highest BCUT2D eigenvalue weighted by molar-refractivity contribution is 6.31. The summed E-state index contributed by atoms with van der Waals surface area (Å²) in [5, 5.41) is 4.13. The van der Waals surface area contributed by atoms with Gasteiger partial charge in [0.05, 0.1) is 10.7 Å². The number of hydrogen-bond acceptors (Lipinski definition) is 4. The molecule has 0 saturated carbocycles. The van der Waals surface area contributed by atoms with Crippen molar-refractivity contribution >= 4 is 17.4 Å². The zero-order valence-electron chi connectivity index (χ0n) is 13.6. The van der Waals surface area contributed by atoms with E-state index in [1.165, 1.54) is 6.42 Å². The topological polar surface area (TPSA) is 31.4 Å². The fourth-order valence-electron chi connectivity index (χ4n) is 2.77. The van der Waals surface area contributed by atoms with Gasteiger partial charge in [-0.1, -0.05) is 25.4 Å². The van der Waals surface area contributed by atoms with Crippen molar-refractivity contribution in [2.24, 2.45) is 0 Å². The second-order valence-corrected chi connectivity index (χ2v) is 6.70. The second-order valence-electron chi connectivity index (χ2n) is 6.29. The third-order valence-corrected chi connectivity index (χ3v) is 4.27. The van der Waals surface area contributed by atoms with E-state index in [0.717, 1.165) is 36.2 Å². The molecule has 0 amide bonds. The minimum absolute atomic E-state index is 0.428. The first-order valence-corrected chi connectivity index (χ1v) is 8.19. The van der Waals surface area contributed by atoms with E-state index >= 15 is 0 Å². The normalized spacial score (nSPS) is 20.9. The van der Waals surface area contributed by atoms with Crippen LogP contribution in [0.5, 0.6) is 0 Å². The van der Waals surface area contributed by atoms with Crippen LogP contribution in [-0.2, 0) is 6.54 Å². The molecule has 0 aromatic carbocycles. The molecule has 0 bridgehead atoms. The summed E-state index contributed by atoms with van der Waals surface area (Å²) in [7, 11) is 2.19. The number of halogens is 1. The number of hydrogen-bond donors (Lipinski definition) is 1. The Labute approximate surface area is 133 Å². The quantitative estimate of drug-likeness (QED) is 0.926. The average molecular weight is 311 g/mol. The number of nitrogens with one attached hydrogen (secondary N) is 1. The standard InChI is InChI=1S/C16H27ClN4/c1-12(2)18-10-15-14(17)6-7-16(19-15)21-9-5-8-20(4)11-13(21)3/h6-7,12-13,18H,5,8-11H2,1-4H3. The zero-order valence-corrected chi connectivity index (χ0v) is 14.3. The second kappa shape index (κ2) is 7.43. The number of aromatic nitrogens is 1. The Morgan fingerprint density at radius 3 is 2.86 bits per heavy atom. The molecule has 1 atom stereocenters. The molecule has 0 spiro atoms. The smallest absolute Gasteiger partial charge is 0.129 e. The Morgan fingerprint density at radius 2 is 2.14 bits per heavy atom. The number of rotatable bonds is 4. The van der Waals surface area contributed by atoms with Gasteiger partial charge in [-0.25, -0.2) is 4.98 Å². The highest BCUT2D eigenvalue weighted by atomic mass is 35.5. The Balaban J connectivity index is 2.16. The van der Waals surface area contributed by atoms with Crippen LogP contribution in [0.4, 0.5) is 5.82 Å². The van der Waals surface area contributed by atoms with E-state index in [0.29, 0.717) is 18.6 Å². The van der Waals surface area contributed by atoms with E-state index in [4.69, 9.17) is 16.6 Å². The first-order chi connectivity index (χ1) is 9.97. The predicted molar refractivity (Wildman–Crippen MR) is 90.1 cm³/mol. The molecular formula is C16H27ClN4. The van der Waals surface area contributed by atoms with Crippen molar-refractivity contribution in [3.8, 4) is 0 Å². The summed E-state index contributed by atoms with van der Waals surface area (Å²) in [5.74, 6) is 1.04. The highest BCUT2D eigenvalue weighted by Crippen LogP contribution is 2.22. The summed E-state index contributed by atoms with van der Waals surface area (Å²) in [6.07, 6.45) is 1.17. The van der Waals surface area contributed by atoms with Gasteiger partial charge in [0, 0.05) is 31.7 Å². The first-order valence-electron chi connectivity index (χ1n) is 7.81. The molecule has 1 aromatic rings. The number of nitrogens with zero attached hydrogens (tertiary/aromatic N) is 3. The van der Waals surface area contributed by atoms with E-state index in [1.54, 1.807) is 0 Å². The molecule has 21 heavy (non-hydrogen) atoms. The van der Waals surface area contributed by atoms with Gasteiger partial charge in [-0.05, 0) is 39.1 Å². The van der Waals surface area contributed by atoms with Crippen LogP contribution in [0.2, 0.25) is 5.02 Å². The van der Waals surface area contributed by atoms with Crippen molar-refractivity contribution in [2.45, 2.75) is 45.8 Å². The molecule has 118 valence electrons. The molecule has 1 aliphatic rings. The molecule has 1 fully saturated rings. The van der Waals surface area contributed by atoms with E-state index < -0.39 is 0 Å². The van der Waals surface area contributed by atoms with Gasteiger partial charge in [-0.2, -0.15) is 0 Å². The van der Waals surface area contributed by atoms with Gasteiger partial charge in [0.2, 0.25) is 0 Å². The van der Waals surface area contributed by atoms with E-state index in [-0.39, 0.29) is 0 Å². The molecule has 1 aliphatic heterocycles. The molecule has 1 unspecified atom stereocenters. The van der Waals surface area contributed by atoms with Crippen LogP contribution in [-0.4, -0.2) is 48.6 Å². The van der Waals surface area contributed by atoms with Crippen LogP contribution >= 0.6 is 11.6 Å². The first kappa shape index (κ1) is 16.5. The number of pyridine rings is 1. The molecule has 2 rings (SSSR count). The Kier molecular flexibility index (Phi) is 5.85. The van der Waals surface area contributed by atoms with Crippen LogP contribution in [0, 0.1) is 0 Å². The van der Waals surface area contributed by atoms with Crippen molar-refractivity contribution in [3.05, 3.63) is 22.8 Å². The summed E-state index contributed by atoms with van der Waals surface area (Å²) >= 11 is 6.28. The van der Waals surface area contributed by atoms with Crippen molar-refractivity contribution in [3.63, 3.8) is 0 Å². The molecule has 1 aromatic heterocycles. The lowest BCUT2D eigenvalue weighted by Gasteiger charge is -2.29. The molecule has 0 aliphatic carbocycles. The lowest BCUT2D eigenvalue weighted by molar-refractivity contribution is 0.337. The highest BCUT2D eigenvalue weighted by Gasteiger charge is 2.21. The maximum Gasteiger partial charge on any atom is 0.129 e. The van der Waals surface area contributed by atoms with Gasteiger partial charge in [0.25, 0.3) is 0 Å². The zero-order chi connectivity index (χ0) is 15.4. The SMILES string of the molecule is CC(C)NCc1nc(N2CCCN(C)CC2C)ccc1Cl. The maximum absolute atomic E-state index is 6.28. The molecule has 4 nitrogen and oxygen atoms in total. The van der Waals surface area contributed by atoms with Crippen LogP contribution in [0.25, 0.3) is 0 Å². The van der Waals surface area contributed by atoms with Crippen LogP contribution in [0.1, 0.15) is 32.9 Å². The summed E-state index contributed by atoms with van der Waals surface area (Å²) in [4.78, 5) is 9.59. The Morgan fingerprint density at radius 1 is 1.38 bits per heavy atom. The van der Waals surface area contributed by atoms with Crippen LogP contribution < -0.4 is 10.2 Å². The fourth-order valence-corrected chi connectivity index (χ4v) is 2.94. The van der Waals surface area contributed by atoms with E-state index in [1.807, 2.05) is 12.1 Å². The van der Waals surface area contributed by atoms with Gasteiger partial charge in [0.1, 0.15) is 5.82 Å². The summed E-state index contributed by atoms with van der Waals surface area (Å²) in [6.45, 7) is 10.5. The van der Waals surface area contributed by atoms with Gasteiger partial charge >= 0.3 is 0 Å². The monoisotopic (exact) mass is 310 g/mol. The minimum Gasteiger partial charge on any atom is -0.353 e. The van der Waals surface area contributed by atoms with Crippen molar-refractivity contribution in [1.82, 2.24) is 15.2 Å². The molecule has 1 saturated heterocycles. The van der Waals surface area contributed by atoms with E-state index in [2.05, 4.69) is 42.9 Å².